The lowest BCUT2D eigenvalue weighted by molar-refractivity contribution is -0.137. The number of nitrogens with one attached hydrogen (secondary N) is 1. The van der Waals surface area contributed by atoms with Crippen LogP contribution in [0, 0.1) is 0 Å². The van der Waals surface area contributed by atoms with E-state index >= 15 is 0 Å². The number of likely N-dealkylation sites (N-methyl/N-ethyl adjacent to an activating group) is 1. The number of hydrogen-bond donors (Lipinski definition) is 1. The van der Waals surface area contributed by atoms with Crippen LogP contribution in [0.15, 0.2) is 22.7 Å². The van der Waals surface area contributed by atoms with Gasteiger partial charge in [-0.1, -0.05) is 15.9 Å². The van der Waals surface area contributed by atoms with E-state index in [0.29, 0.717) is 16.7 Å². The maximum Gasteiger partial charge on any atom is 0.416 e. The van der Waals surface area contributed by atoms with E-state index in [9.17, 15) is 13.2 Å². The average molecular weight is 366 g/mol. The van der Waals surface area contributed by atoms with Gasteiger partial charge in [-0.2, -0.15) is 13.2 Å². The molecule has 0 aromatic heterocycles. The van der Waals surface area contributed by atoms with Crippen LogP contribution in [0.3, 0.4) is 0 Å². The predicted octanol–water partition coefficient (Wildman–Crippen LogP) is 3.13. The van der Waals surface area contributed by atoms with E-state index < -0.39 is 11.7 Å². The Hall–Kier alpha value is -0.790. The van der Waals surface area contributed by atoms with Crippen LogP contribution in [0.2, 0.25) is 0 Å². The third-order valence-electron chi connectivity index (χ3n) is 3.58. The highest BCUT2D eigenvalue weighted by Gasteiger charge is 2.31. The van der Waals surface area contributed by atoms with Crippen molar-refractivity contribution in [2.75, 3.05) is 51.6 Å². The molecule has 0 saturated carbocycles. The predicted molar refractivity (Wildman–Crippen MR) is 81.6 cm³/mol. The first-order valence-electron chi connectivity index (χ1n) is 6.87. The Morgan fingerprint density at radius 3 is 2.43 bits per heavy atom. The summed E-state index contributed by atoms with van der Waals surface area (Å²) in [5.41, 5.74) is -0.148. The molecule has 1 aliphatic heterocycles. The molecule has 0 spiro atoms. The van der Waals surface area contributed by atoms with Gasteiger partial charge >= 0.3 is 6.18 Å². The fourth-order valence-corrected chi connectivity index (χ4v) is 2.78. The van der Waals surface area contributed by atoms with Crippen molar-refractivity contribution in [2.24, 2.45) is 0 Å². The molecule has 2 rings (SSSR count). The Balaban J connectivity index is 1.87. The third kappa shape index (κ3) is 5.16. The Morgan fingerprint density at radius 2 is 1.81 bits per heavy atom. The van der Waals surface area contributed by atoms with Gasteiger partial charge in [0, 0.05) is 49.4 Å². The molecule has 1 saturated heterocycles. The number of alkyl halides is 3. The lowest BCUT2D eigenvalue weighted by atomic mass is 10.2. The second kappa shape index (κ2) is 6.98. The number of benzene rings is 1. The Bertz CT molecular complexity index is 471. The first-order chi connectivity index (χ1) is 9.84. The van der Waals surface area contributed by atoms with Gasteiger partial charge in [0.2, 0.25) is 0 Å². The van der Waals surface area contributed by atoms with Crippen LogP contribution >= 0.6 is 15.9 Å². The van der Waals surface area contributed by atoms with Gasteiger partial charge in [0.1, 0.15) is 0 Å². The summed E-state index contributed by atoms with van der Waals surface area (Å²) < 4.78 is 38.6. The van der Waals surface area contributed by atoms with Crippen molar-refractivity contribution in [3.05, 3.63) is 28.2 Å². The molecule has 1 N–H and O–H groups in total. The Morgan fingerprint density at radius 1 is 1.14 bits per heavy atom. The second-order valence-electron chi connectivity index (χ2n) is 5.30. The summed E-state index contributed by atoms with van der Waals surface area (Å²) in [6.07, 6.45) is -4.32. The quantitative estimate of drug-likeness (QED) is 0.884. The highest BCUT2D eigenvalue weighted by molar-refractivity contribution is 9.10. The third-order valence-corrected chi connectivity index (χ3v) is 4.04. The van der Waals surface area contributed by atoms with Crippen molar-refractivity contribution < 1.29 is 13.2 Å². The molecule has 3 nitrogen and oxygen atoms in total. The summed E-state index contributed by atoms with van der Waals surface area (Å²) in [4.78, 5) is 4.59. The van der Waals surface area contributed by atoms with E-state index in [0.717, 1.165) is 44.9 Å². The van der Waals surface area contributed by atoms with E-state index in [1.807, 2.05) is 0 Å². The van der Waals surface area contributed by atoms with Gasteiger partial charge < -0.3 is 10.2 Å². The summed E-state index contributed by atoms with van der Waals surface area (Å²) in [5, 5.41) is 3.07. The molecule has 0 amide bonds. The molecule has 1 aromatic rings. The highest BCUT2D eigenvalue weighted by atomic mass is 79.9. The number of nitrogens with zero attached hydrogens (tertiary/aromatic N) is 2. The zero-order chi connectivity index (χ0) is 15.5. The van der Waals surface area contributed by atoms with Gasteiger partial charge in [-0.05, 0) is 25.2 Å². The molecule has 1 heterocycles. The molecule has 1 fully saturated rings. The van der Waals surface area contributed by atoms with Gasteiger partial charge in [-0.3, -0.25) is 4.90 Å². The van der Waals surface area contributed by atoms with E-state index in [1.54, 1.807) is 6.07 Å². The molecule has 0 bridgehead atoms. The summed E-state index contributed by atoms with van der Waals surface area (Å²) in [5.74, 6) is 0. The van der Waals surface area contributed by atoms with Crippen LogP contribution in [0.4, 0.5) is 18.9 Å². The van der Waals surface area contributed by atoms with Crippen LogP contribution in [-0.4, -0.2) is 56.1 Å². The van der Waals surface area contributed by atoms with E-state index in [2.05, 4.69) is 38.1 Å². The van der Waals surface area contributed by atoms with Gasteiger partial charge in [-0.25, -0.2) is 0 Å². The molecular weight excluding hydrogens is 347 g/mol. The molecule has 7 heteroatoms. The fraction of sp³-hybridized carbons (Fsp3) is 0.571. The number of halogens is 4. The zero-order valence-corrected chi connectivity index (χ0v) is 13.5. The second-order valence-corrected chi connectivity index (χ2v) is 6.21. The normalized spacial score (nSPS) is 18.0. The lowest BCUT2D eigenvalue weighted by Gasteiger charge is -2.32. The smallest absolute Gasteiger partial charge is 0.384 e. The lowest BCUT2D eigenvalue weighted by Crippen LogP contribution is -2.45. The van der Waals surface area contributed by atoms with Crippen molar-refractivity contribution in [2.45, 2.75) is 6.18 Å². The number of hydrogen-bond acceptors (Lipinski definition) is 3. The van der Waals surface area contributed by atoms with Crippen LogP contribution < -0.4 is 5.32 Å². The largest absolute Gasteiger partial charge is 0.416 e. The van der Waals surface area contributed by atoms with Crippen molar-refractivity contribution in [3.8, 4) is 0 Å². The molecule has 0 radical (unpaired) electrons. The molecule has 1 aliphatic rings. The van der Waals surface area contributed by atoms with Crippen LogP contribution in [0.5, 0.6) is 0 Å². The first-order valence-corrected chi connectivity index (χ1v) is 7.66. The fourth-order valence-electron chi connectivity index (χ4n) is 2.29. The standard InChI is InChI=1S/C14H19BrF3N3/c1-20-4-6-21(7-5-20)3-2-19-13-9-11(14(16,17)18)8-12(15)10-13/h8-10,19H,2-7H2,1H3. The minimum atomic E-state index is -4.32. The number of anilines is 1. The van der Waals surface area contributed by atoms with Crippen molar-refractivity contribution in [3.63, 3.8) is 0 Å². The van der Waals surface area contributed by atoms with Gasteiger partial charge in [-0.15, -0.1) is 0 Å². The van der Waals surface area contributed by atoms with Crippen LogP contribution in [-0.2, 0) is 6.18 Å². The molecule has 118 valence electrons. The van der Waals surface area contributed by atoms with Gasteiger partial charge in [0.05, 0.1) is 5.56 Å². The molecule has 0 unspecified atom stereocenters. The van der Waals surface area contributed by atoms with Crippen molar-refractivity contribution in [1.29, 1.82) is 0 Å². The maximum absolute atomic E-state index is 12.7. The molecule has 21 heavy (non-hydrogen) atoms. The average Bonchev–Trinajstić information content (AvgIpc) is 2.39. The SMILES string of the molecule is CN1CCN(CCNc2cc(Br)cc(C(F)(F)F)c2)CC1. The van der Waals surface area contributed by atoms with Crippen molar-refractivity contribution in [1.82, 2.24) is 9.80 Å². The monoisotopic (exact) mass is 365 g/mol. The summed E-state index contributed by atoms with van der Waals surface area (Å²) in [7, 11) is 2.09. The number of piperazine rings is 1. The van der Waals surface area contributed by atoms with Crippen molar-refractivity contribution >= 4 is 21.6 Å². The van der Waals surface area contributed by atoms with E-state index in [1.165, 1.54) is 0 Å². The summed E-state index contributed by atoms with van der Waals surface area (Å²) in [6.45, 7) is 5.55. The Labute approximate surface area is 131 Å². The first kappa shape index (κ1) is 16.6. The van der Waals surface area contributed by atoms with E-state index in [-0.39, 0.29) is 0 Å². The minimum Gasteiger partial charge on any atom is -0.384 e. The highest BCUT2D eigenvalue weighted by Crippen LogP contribution is 2.33. The molecule has 1 aromatic carbocycles. The molecular formula is C14H19BrF3N3. The molecule has 0 aliphatic carbocycles. The van der Waals surface area contributed by atoms with E-state index in [4.69, 9.17) is 0 Å². The Kier molecular flexibility index (Phi) is 5.51. The summed E-state index contributed by atoms with van der Waals surface area (Å²) >= 11 is 3.12. The van der Waals surface area contributed by atoms with Gasteiger partial charge in [0.25, 0.3) is 0 Å². The number of rotatable bonds is 4. The van der Waals surface area contributed by atoms with Crippen LogP contribution in [0.1, 0.15) is 5.56 Å². The summed E-state index contributed by atoms with van der Waals surface area (Å²) in [6, 6.07) is 3.90. The van der Waals surface area contributed by atoms with Crippen LogP contribution in [0.25, 0.3) is 0 Å². The zero-order valence-electron chi connectivity index (χ0n) is 11.9. The topological polar surface area (TPSA) is 18.5 Å². The molecule has 0 atom stereocenters. The minimum absolute atomic E-state index is 0.430. The maximum atomic E-state index is 12.7. The van der Waals surface area contributed by atoms with Gasteiger partial charge in [0.15, 0.2) is 0 Å².